The average molecular weight is 447 g/mol. The number of nitrogens with one attached hydrogen (secondary N) is 1. The van der Waals surface area contributed by atoms with Crippen LogP contribution in [-0.4, -0.2) is 34.7 Å². The number of hydroxylamine groups is 1. The molecular formula is C21H20N2O6V. The third kappa shape index (κ3) is 7.52. The third-order valence-electron chi connectivity index (χ3n) is 3.61. The van der Waals surface area contributed by atoms with Crippen LogP contribution in [0.1, 0.15) is 15.9 Å². The first-order valence-electron chi connectivity index (χ1n) is 8.42. The van der Waals surface area contributed by atoms with Crippen molar-refractivity contribution < 1.29 is 46.0 Å². The molecule has 0 saturated heterocycles. The number of hydrogen-bond acceptors (Lipinski definition) is 7. The van der Waals surface area contributed by atoms with Crippen LogP contribution >= 0.6 is 0 Å². The van der Waals surface area contributed by atoms with Gasteiger partial charge in [-0.05, 0) is 36.4 Å². The van der Waals surface area contributed by atoms with E-state index in [1.165, 1.54) is 13.3 Å². The molecule has 0 spiro atoms. The second-order valence-corrected chi connectivity index (χ2v) is 5.45. The van der Waals surface area contributed by atoms with Crippen molar-refractivity contribution in [3.8, 4) is 17.2 Å². The molecule has 0 aromatic heterocycles. The van der Waals surface area contributed by atoms with Gasteiger partial charge in [-0.25, -0.2) is 5.48 Å². The van der Waals surface area contributed by atoms with Gasteiger partial charge in [0.2, 0.25) is 0 Å². The van der Waals surface area contributed by atoms with E-state index in [4.69, 9.17) is 13.6 Å². The van der Waals surface area contributed by atoms with Gasteiger partial charge in [-0.1, -0.05) is 36.4 Å². The summed E-state index contributed by atoms with van der Waals surface area (Å²) < 4.78 is 13.2. The minimum absolute atomic E-state index is 0.0270. The van der Waals surface area contributed by atoms with Crippen molar-refractivity contribution in [2.24, 2.45) is 4.99 Å². The van der Waals surface area contributed by atoms with Gasteiger partial charge in [0.15, 0.2) is 11.5 Å². The SMILES string of the molecule is COc1cccc(C=Nc2ccccc2O)c1O.O=C(NO)c1ccccc1.[O]=[V]. The number of nitrogens with zero attached hydrogens (tertiary/aromatic N) is 1. The summed E-state index contributed by atoms with van der Waals surface area (Å²) in [4.78, 5) is 14.8. The van der Waals surface area contributed by atoms with Gasteiger partial charge in [-0.3, -0.25) is 15.0 Å². The van der Waals surface area contributed by atoms with Crippen molar-refractivity contribution in [1.82, 2.24) is 5.48 Å². The van der Waals surface area contributed by atoms with Gasteiger partial charge in [-0.15, -0.1) is 0 Å². The number of rotatable bonds is 4. The van der Waals surface area contributed by atoms with Crippen molar-refractivity contribution in [2.75, 3.05) is 7.11 Å². The number of benzene rings is 3. The molecule has 30 heavy (non-hydrogen) atoms. The second kappa shape index (κ2) is 13.7. The van der Waals surface area contributed by atoms with Crippen LogP contribution in [0, 0.1) is 0 Å². The topological polar surface area (TPSA) is 128 Å². The fourth-order valence-corrected chi connectivity index (χ4v) is 2.17. The molecule has 0 aliphatic heterocycles. The van der Waals surface area contributed by atoms with Crippen LogP contribution in [0.5, 0.6) is 17.2 Å². The molecule has 3 aromatic carbocycles. The fraction of sp³-hybridized carbons (Fsp3) is 0.0476. The number of phenols is 2. The molecule has 0 atom stereocenters. The second-order valence-electron chi connectivity index (χ2n) is 5.45. The molecule has 3 aromatic rings. The van der Waals surface area contributed by atoms with Crippen molar-refractivity contribution in [2.45, 2.75) is 0 Å². The van der Waals surface area contributed by atoms with Crippen LogP contribution < -0.4 is 10.2 Å². The van der Waals surface area contributed by atoms with Gasteiger partial charge in [0, 0.05) is 17.3 Å². The Bertz CT molecular complexity index is 967. The number of carbonyl (C=O) groups excluding carboxylic acids is 1. The van der Waals surface area contributed by atoms with Crippen LogP contribution in [0.2, 0.25) is 0 Å². The zero-order chi connectivity index (χ0) is 22.4. The van der Waals surface area contributed by atoms with Gasteiger partial charge in [-0.2, -0.15) is 0 Å². The van der Waals surface area contributed by atoms with Crippen molar-refractivity contribution in [3.05, 3.63) is 83.9 Å². The predicted octanol–water partition coefficient (Wildman–Crippen LogP) is 3.54. The molecule has 9 heteroatoms. The van der Waals surface area contributed by atoms with Gasteiger partial charge in [0.05, 0.1) is 7.11 Å². The van der Waals surface area contributed by atoms with E-state index in [0.29, 0.717) is 22.6 Å². The quantitative estimate of drug-likeness (QED) is 0.275. The average Bonchev–Trinajstić information content (AvgIpc) is 2.81. The fourth-order valence-electron chi connectivity index (χ4n) is 2.17. The van der Waals surface area contributed by atoms with Crippen molar-refractivity contribution in [3.63, 3.8) is 0 Å². The van der Waals surface area contributed by atoms with E-state index in [-0.39, 0.29) is 11.5 Å². The molecule has 0 unspecified atom stereocenters. The van der Waals surface area contributed by atoms with Gasteiger partial charge in [0.1, 0.15) is 11.4 Å². The summed E-state index contributed by atoms with van der Waals surface area (Å²) in [6.45, 7) is 0. The van der Waals surface area contributed by atoms with Crippen LogP contribution in [0.25, 0.3) is 0 Å². The van der Waals surface area contributed by atoms with E-state index in [1.807, 2.05) is 0 Å². The summed E-state index contributed by atoms with van der Waals surface area (Å²) in [5.41, 5.74) is 2.96. The zero-order valence-electron chi connectivity index (χ0n) is 16.0. The monoisotopic (exact) mass is 447 g/mol. The van der Waals surface area contributed by atoms with Crippen LogP contribution in [0.15, 0.2) is 77.8 Å². The van der Waals surface area contributed by atoms with Gasteiger partial charge in [0.25, 0.3) is 5.91 Å². The third-order valence-corrected chi connectivity index (χ3v) is 3.61. The van der Waals surface area contributed by atoms with Crippen molar-refractivity contribution >= 4 is 17.8 Å². The molecule has 0 heterocycles. The number of amides is 1. The Balaban J connectivity index is 0.000000318. The van der Waals surface area contributed by atoms with E-state index >= 15 is 0 Å². The molecule has 4 N–H and O–H groups in total. The van der Waals surface area contributed by atoms with E-state index < -0.39 is 5.91 Å². The summed E-state index contributed by atoms with van der Waals surface area (Å²) in [5, 5.41) is 27.6. The van der Waals surface area contributed by atoms with Gasteiger partial charge >= 0.3 is 21.0 Å². The summed E-state index contributed by atoms with van der Waals surface area (Å²) in [6.07, 6.45) is 1.48. The zero-order valence-corrected chi connectivity index (χ0v) is 17.4. The molecule has 0 bridgehead atoms. The Kier molecular flexibility index (Phi) is 11.2. The number of para-hydroxylation sites is 3. The Morgan fingerprint density at radius 1 is 0.967 bits per heavy atom. The van der Waals surface area contributed by atoms with Crippen LogP contribution in [0.4, 0.5) is 5.69 Å². The Hall–Kier alpha value is -3.46. The molecule has 0 fully saturated rings. The summed E-state index contributed by atoms with van der Waals surface area (Å²) >= 11 is 1.06. The van der Waals surface area contributed by atoms with Crippen molar-refractivity contribution in [1.29, 1.82) is 0 Å². The molecule has 0 aliphatic rings. The number of phenolic OH excluding ortho intramolecular Hbond substituents is 2. The first kappa shape index (κ1) is 24.6. The molecule has 155 valence electrons. The molecule has 0 saturated carbocycles. The summed E-state index contributed by atoms with van der Waals surface area (Å²) in [6, 6.07) is 20.3. The predicted molar refractivity (Wildman–Crippen MR) is 106 cm³/mol. The van der Waals surface area contributed by atoms with E-state index in [0.717, 1.165) is 17.4 Å². The normalized spacial score (nSPS) is 9.50. The van der Waals surface area contributed by atoms with E-state index in [2.05, 4.69) is 4.99 Å². The number of methoxy groups -OCH3 is 1. The Morgan fingerprint density at radius 2 is 1.60 bits per heavy atom. The number of aliphatic imine (C=N–C) groups is 1. The first-order chi connectivity index (χ1) is 14.6. The Morgan fingerprint density at radius 3 is 2.20 bits per heavy atom. The van der Waals surface area contributed by atoms with E-state index in [9.17, 15) is 15.0 Å². The molecule has 8 nitrogen and oxygen atoms in total. The van der Waals surface area contributed by atoms with Gasteiger partial charge < -0.3 is 14.9 Å². The number of ether oxygens (including phenoxy) is 1. The molecule has 0 radical (unpaired) electrons. The standard InChI is InChI=1S/C14H13NO3.C7H7NO2.O.V/c1-18-13-8-4-5-10(14(13)17)9-15-11-6-2-3-7-12(11)16;9-7(8-10)6-4-2-1-3-5-6;;/h2-9,16-17H,1H3;1-5,10H,(H,8,9);;. The molecule has 1 amide bonds. The van der Waals surface area contributed by atoms with Crippen LogP contribution in [0.3, 0.4) is 0 Å². The molecule has 3 rings (SSSR count). The number of carbonyl (C=O) groups is 1. The maximum absolute atomic E-state index is 10.7. The first-order valence-corrected chi connectivity index (χ1v) is 8.99. The number of aromatic hydroxyl groups is 2. The maximum atomic E-state index is 10.7. The van der Waals surface area contributed by atoms with E-state index in [1.54, 1.807) is 78.3 Å². The number of hydrogen-bond donors (Lipinski definition) is 4. The molecular weight excluding hydrogens is 427 g/mol. The minimum atomic E-state index is -0.486. The summed E-state index contributed by atoms with van der Waals surface area (Å²) in [5.74, 6) is 0.0205. The Labute approximate surface area is 182 Å². The molecule has 0 aliphatic carbocycles. The summed E-state index contributed by atoms with van der Waals surface area (Å²) in [7, 11) is 1.49. The van der Waals surface area contributed by atoms with Crippen LogP contribution in [-0.2, 0) is 21.0 Å².